The predicted molar refractivity (Wildman–Crippen MR) is 51.9 cm³/mol. The first-order chi connectivity index (χ1) is 5.34. The summed E-state index contributed by atoms with van der Waals surface area (Å²) in [5, 5.41) is 9.80. The molecule has 1 saturated carbocycles. The predicted octanol–water partition coefficient (Wildman–Crippen LogP) is 2.69. The lowest BCUT2D eigenvalue weighted by Crippen LogP contribution is -2.21. The van der Waals surface area contributed by atoms with Gasteiger partial charge in [-0.15, -0.1) is 0 Å². The van der Waals surface area contributed by atoms with Crippen molar-refractivity contribution in [2.45, 2.75) is 47.1 Å². The fraction of sp³-hybridized carbons (Fsp3) is 1.00. The van der Waals surface area contributed by atoms with E-state index in [1.165, 1.54) is 6.42 Å². The van der Waals surface area contributed by atoms with Gasteiger partial charge in [0.25, 0.3) is 0 Å². The summed E-state index contributed by atoms with van der Waals surface area (Å²) >= 11 is 0. The highest BCUT2D eigenvalue weighted by molar-refractivity contribution is 4.98. The molecule has 1 nitrogen and oxygen atoms in total. The highest BCUT2D eigenvalue weighted by Gasteiger charge is 2.49. The van der Waals surface area contributed by atoms with E-state index in [4.69, 9.17) is 0 Å². The van der Waals surface area contributed by atoms with Gasteiger partial charge in [0.2, 0.25) is 0 Å². The minimum absolute atomic E-state index is 0.0748. The zero-order valence-corrected chi connectivity index (χ0v) is 8.96. The van der Waals surface area contributed by atoms with Crippen molar-refractivity contribution in [3.05, 3.63) is 0 Å². The van der Waals surface area contributed by atoms with Crippen molar-refractivity contribution in [1.29, 1.82) is 0 Å². The molecule has 1 aliphatic carbocycles. The molecule has 3 unspecified atom stereocenters. The Labute approximate surface area is 76.2 Å². The van der Waals surface area contributed by atoms with E-state index in [2.05, 4.69) is 34.6 Å². The highest BCUT2D eigenvalue weighted by atomic mass is 16.3. The van der Waals surface area contributed by atoms with Crippen LogP contribution in [0.15, 0.2) is 0 Å². The van der Waals surface area contributed by atoms with Crippen LogP contribution in [-0.2, 0) is 0 Å². The van der Waals surface area contributed by atoms with Gasteiger partial charge in [-0.25, -0.2) is 0 Å². The third kappa shape index (κ3) is 2.01. The smallest absolute Gasteiger partial charge is 0.0594 e. The van der Waals surface area contributed by atoms with Crippen molar-refractivity contribution in [3.8, 4) is 0 Å². The van der Waals surface area contributed by atoms with Gasteiger partial charge in [-0.3, -0.25) is 0 Å². The Hall–Kier alpha value is -0.0400. The molecular formula is C11H22O. The van der Waals surface area contributed by atoms with Crippen molar-refractivity contribution in [2.24, 2.45) is 23.2 Å². The quantitative estimate of drug-likeness (QED) is 0.675. The number of rotatable bonds is 2. The summed E-state index contributed by atoms with van der Waals surface area (Å²) in [7, 11) is 0. The van der Waals surface area contributed by atoms with E-state index in [1.54, 1.807) is 0 Å². The number of hydrogen-bond donors (Lipinski definition) is 1. The molecule has 0 heterocycles. The molecule has 1 N–H and O–H groups in total. The normalized spacial score (nSPS) is 32.2. The number of hydrogen-bond acceptors (Lipinski definition) is 1. The topological polar surface area (TPSA) is 20.2 Å². The molecule has 12 heavy (non-hydrogen) atoms. The maximum atomic E-state index is 9.80. The first-order valence-corrected chi connectivity index (χ1v) is 5.02. The lowest BCUT2D eigenvalue weighted by molar-refractivity contribution is 0.0883. The van der Waals surface area contributed by atoms with E-state index in [0.29, 0.717) is 17.3 Å². The summed E-state index contributed by atoms with van der Waals surface area (Å²) in [6.45, 7) is 11.0. The molecule has 0 aromatic carbocycles. The van der Waals surface area contributed by atoms with E-state index in [1.807, 2.05) is 0 Å². The van der Waals surface area contributed by atoms with Gasteiger partial charge in [-0.1, -0.05) is 34.6 Å². The second kappa shape index (κ2) is 3.02. The molecule has 0 aromatic heterocycles. The van der Waals surface area contributed by atoms with Gasteiger partial charge in [-0.05, 0) is 29.6 Å². The lowest BCUT2D eigenvalue weighted by atomic mass is 9.87. The van der Waals surface area contributed by atoms with Gasteiger partial charge in [0.1, 0.15) is 0 Å². The molecule has 0 saturated heterocycles. The van der Waals surface area contributed by atoms with Crippen molar-refractivity contribution >= 4 is 0 Å². The maximum Gasteiger partial charge on any atom is 0.0594 e. The number of aliphatic hydroxyl groups is 1. The van der Waals surface area contributed by atoms with Crippen molar-refractivity contribution in [3.63, 3.8) is 0 Å². The summed E-state index contributed by atoms with van der Waals surface area (Å²) in [4.78, 5) is 0. The molecule has 0 bridgehead atoms. The molecule has 1 aliphatic rings. The molecule has 1 fully saturated rings. The Morgan fingerprint density at radius 3 is 2.00 bits per heavy atom. The van der Waals surface area contributed by atoms with Crippen LogP contribution in [0.5, 0.6) is 0 Å². The molecular weight excluding hydrogens is 148 g/mol. The van der Waals surface area contributed by atoms with Crippen LogP contribution in [0.1, 0.15) is 41.0 Å². The van der Waals surface area contributed by atoms with Crippen molar-refractivity contribution < 1.29 is 5.11 Å². The molecule has 72 valence electrons. The number of aliphatic hydroxyl groups excluding tert-OH is 1. The molecule has 1 rings (SSSR count). The van der Waals surface area contributed by atoms with Gasteiger partial charge in [0.15, 0.2) is 0 Å². The van der Waals surface area contributed by atoms with E-state index in [-0.39, 0.29) is 6.10 Å². The fourth-order valence-corrected chi connectivity index (χ4v) is 2.08. The van der Waals surface area contributed by atoms with E-state index < -0.39 is 0 Å². The minimum Gasteiger partial charge on any atom is -0.393 e. The van der Waals surface area contributed by atoms with Crippen LogP contribution in [0.25, 0.3) is 0 Å². The Morgan fingerprint density at radius 2 is 1.75 bits per heavy atom. The van der Waals surface area contributed by atoms with Gasteiger partial charge >= 0.3 is 0 Å². The molecule has 0 aromatic rings. The Bertz CT molecular complexity index is 155. The first-order valence-electron chi connectivity index (χ1n) is 5.02. The van der Waals surface area contributed by atoms with Gasteiger partial charge in [0, 0.05) is 0 Å². The molecule has 0 spiro atoms. The molecule has 0 amide bonds. The monoisotopic (exact) mass is 170 g/mol. The van der Waals surface area contributed by atoms with Gasteiger partial charge in [-0.2, -0.15) is 0 Å². The van der Waals surface area contributed by atoms with Crippen LogP contribution in [-0.4, -0.2) is 11.2 Å². The Kier molecular flexibility index (Phi) is 2.53. The van der Waals surface area contributed by atoms with E-state index in [0.717, 1.165) is 5.92 Å². The SMILES string of the molecule is CC(C)C(O)C1CC1C(C)(C)C. The zero-order chi connectivity index (χ0) is 9.52. The maximum absolute atomic E-state index is 9.80. The second-order valence-electron chi connectivity index (χ2n) is 5.61. The van der Waals surface area contributed by atoms with E-state index in [9.17, 15) is 5.11 Å². The average molecular weight is 170 g/mol. The first kappa shape index (κ1) is 10.0. The van der Waals surface area contributed by atoms with Crippen LogP contribution in [0.4, 0.5) is 0 Å². The molecule has 3 atom stereocenters. The summed E-state index contributed by atoms with van der Waals surface area (Å²) in [5.41, 5.74) is 0.389. The van der Waals surface area contributed by atoms with Gasteiger partial charge in [0.05, 0.1) is 6.10 Å². The zero-order valence-electron chi connectivity index (χ0n) is 8.96. The highest BCUT2D eigenvalue weighted by Crippen LogP contribution is 2.53. The lowest BCUT2D eigenvalue weighted by Gasteiger charge is -2.21. The standard InChI is InChI=1S/C11H22O/c1-7(2)10(12)8-6-9(8)11(3,4)5/h7-10,12H,6H2,1-5H3. The molecule has 0 aliphatic heterocycles. The van der Waals surface area contributed by atoms with Crippen molar-refractivity contribution in [1.82, 2.24) is 0 Å². The molecule has 0 radical (unpaired) electrons. The van der Waals surface area contributed by atoms with Crippen molar-refractivity contribution in [2.75, 3.05) is 0 Å². The van der Waals surface area contributed by atoms with E-state index >= 15 is 0 Å². The fourth-order valence-electron chi connectivity index (χ4n) is 2.08. The van der Waals surface area contributed by atoms with Crippen LogP contribution in [0, 0.1) is 23.2 Å². The van der Waals surface area contributed by atoms with Crippen LogP contribution >= 0.6 is 0 Å². The average Bonchev–Trinajstić information content (AvgIpc) is 2.61. The molecule has 1 heteroatoms. The third-order valence-electron chi connectivity index (χ3n) is 3.07. The summed E-state index contributed by atoms with van der Waals surface area (Å²) in [5.74, 6) is 1.74. The summed E-state index contributed by atoms with van der Waals surface area (Å²) in [6, 6.07) is 0. The summed E-state index contributed by atoms with van der Waals surface area (Å²) < 4.78 is 0. The van der Waals surface area contributed by atoms with Crippen LogP contribution < -0.4 is 0 Å². The largest absolute Gasteiger partial charge is 0.393 e. The minimum atomic E-state index is -0.0748. The Balaban J connectivity index is 2.42. The second-order valence-corrected chi connectivity index (χ2v) is 5.61. The summed E-state index contributed by atoms with van der Waals surface area (Å²) in [6.07, 6.45) is 1.15. The third-order valence-corrected chi connectivity index (χ3v) is 3.07. The Morgan fingerprint density at radius 1 is 1.25 bits per heavy atom. The van der Waals surface area contributed by atoms with Crippen LogP contribution in [0.2, 0.25) is 0 Å². The van der Waals surface area contributed by atoms with Crippen LogP contribution in [0.3, 0.4) is 0 Å². The van der Waals surface area contributed by atoms with Gasteiger partial charge < -0.3 is 5.11 Å².